The Bertz CT molecular complexity index is 1510. The van der Waals surface area contributed by atoms with Gasteiger partial charge in [-0.2, -0.15) is 0 Å². The molecular formula is C24H20ClN3O3S3. The normalized spacial score (nSPS) is 11.3. The zero-order valence-corrected chi connectivity index (χ0v) is 21.4. The Kier molecular flexibility index (Phi) is 6.90. The molecule has 34 heavy (non-hydrogen) atoms. The average molecular weight is 530 g/mol. The number of amides is 1. The van der Waals surface area contributed by atoms with Crippen molar-refractivity contribution in [2.24, 2.45) is 0 Å². The highest BCUT2D eigenvalue weighted by Crippen LogP contribution is 2.35. The highest BCUT2D eigenvalue weighted by atomic mass is 35.5. The Labute approximate surface area is 212 Å². The third-order valence-electron chi connectivity index (χ3n) is 5.15. The SMILES string of the molecule is Cc1ccc(NS(=O)(=O)c2ccc(NC(=S)NC(=O)c3sc4ccccc4c3Cl)cc2)cc1C. The maximum absolute atomic E-state index is 12.7. The zero-order valence-electron chi connectivity index (χ0n) is 18.2. The first kappa shape index (κ1) is 24.2. The Morgan fingerprint density at radius 2 is 1.62 bits per heavy atom. The molecule has 4 rings (SSSR count). The lowest BCUT2D eigenvalue weighted by atomic mass is 10.1. The number of thiophene rings is 1. The molecule has 10 heteroatoms. The number of sulfonamides is 1. The number of carbonyl (C=O) groups is 1. The van der Waals surface area contributed by atoms with Gasteiger partial charge in [0.25, 0.3) is 15.9 Å². The molecule has 3 aromatic carbocycles. The molecule has 0 radical (unpaired) electrons. The van der Waals surface area contributed by atoms with E-state index >= 15 is 0 Å². The lowest BCUT2D eigenvalue weighted by Crippen LogP contribution is -2.33. The Hall–Kier alpha value is -2.98. The van der Waals surface area contributed by atoms with Crippen molar-refractivity contribution in [3.63, 3.8) is 0 Å². The highest BCUT2D eigenvalue weighted by Gasteiger charge is 2.18. The molecule has 3 N–H and O–H groups in total. The van der Waals surface area contributed by atoms with Crippen LogP contribution in [0.5, 0.6) is 0 Å². The quantitative estimate of drug-likeness (QED) is 0.272. The minimum atomic E-state index is -3.75. The summed E-state index contributed by atoms with van der Waals surface area (Å²) in [6, 6.07) is 18.9. The molecule has 0 atom stereocenters. The topological polar surface area (TPSA) is 87.3 Å². The molecule has 0 saturated carbocycles. The molecule has 0 aliphatic rings. The number of anilines is 2. The second kappa shape index (κ2) is 9.71. The van der Waals surface area contributed by atoms with Gasteiger partial charge >= 0.3 is 0 Å². The van der Waals surface area contributed by atoms with Gasteiger partial charge in [-0.3, -0.25) is 14.8 Å². The van der Waals surface area contributed by atoms with Crippen LogP contribution in [-0.2, 0) is 10.0 Å². The first-order valence-corrected chi connectivity index (χ1v) is 13.2. The van der Waals surface area contributed by atoms with E-state index in [4.69, 9.17) is 23.8 Å². The minimum absolute atomic E-state index is 0.0717. The number of carbonyl (C=O) groups excluding carboxylic acids is 1. The molecule has 0 aliphatic carbocycles. The molecule has 174 valence electrons. The van der Waals surface area contributed by atoms with Crippen LogP contribution in [0.1, 0.15) is 20.8 Å². The van der Waals surface area contributed by atoms with Gasteiger partial charge in [0.2, 0.25) is 0 Å². The van der Waals surface area contributed by atoms with Crippen molar-refractivity contribution in [1.82, 2.24) is 5.32 Å². The molecule has 0 spiro atoms. The van der Waals surface area contributed by atoms with Gasteiger partial charge in [0.15, 0.2) is 5.11 Å². The summed E-state index contributed by atoms with van der Waals surface area (Å²) < 4.78 is 28.9. The first-order valence-electron chi connectivity index (χ1n) is 10.1. The van der Waals surface area contributed by atoms with E-state index in [2.05, 4.69) is 15.4 Å². The maximum atomic E-state index is 12.7. The van der Waals surface area contributed by atoms with Gasteiger partial charge in [-0.05, 0) is 79.7 Å². The summed E-state index contributed by atoms with van der Waals surface area (Å²) in [6.07, 6.45) is 0. The van der Waals surface area contributed by atoms with Crippen molar-refractivity contribution in [3.8, 4) is 0 Å². The number of fused-ring (bicyclic) bond motifs is 1. The van der Waals surface area contributed by atoms with Crippen molar-refractivity contribution >= 4 is 77.7 Å². The molecule has 0 bridgehead atoms. The van der Waals surface area contributed by atoms with Crippen LogP contribution in [0, 0.1) is 13.8 Å². The van der Waals surface area contributed by atoms with Crippen LogP contribution in [0.15, 0.2) is 71.6 Å². The molecule has 6 nitrogen and oxygen atoms in total. The van der Waals surface area contributed by atoms with Gasteiger partial charge < -0.3 is 5.32 Å². The molecule has 0 saturated heterocycles. The maximum Gasteiger partial charge on any atom is 0.269 e. The summed E-state index contributed by atoms with van der Waals surface area (Å²) in [5.41, 5.74) is 3.09. The lowest BCUT2D eigenvalue weighted by Gasteiger charge is -2.12. The molecule has 0 fully saturated rings. The van der Waals surface area contributed by atoms with Crippen molar-refractivity contribution < 1.29 is 13.2 Å². The monoisotopic (exact) mass is 529 g/mol. The molecular weight excluding hydrogens is 510 g/mol. The van der Waals surface area contributed by atoms with Gasteiger partial charge in [0, 0.05) is 21.5 Å². The zero-order chi connectivity index (χ0) is 24.5. The van der Waals surface area contributed by atoms with Crippen molar-refractivity contribution in [3.05, 3.63) is 87.8 Å². The Morgan fingerprint density at radius 3 is 2.29 bits per heavy atom. The van der Waals surface area contributed by atoms with Gasteiger partial charge in [0.1, 0.15) is 4.88 Å². The van der Waals surface area contributed by atoms with Crippen LogP contribution in [0.2, 0.25) is 5.02 Å². The standard InChI is InChI=1S/C24H20ClN3O3S3/c1-14-7-8-17(13-15(14)2)28-34(30,31)18-11-9-16(10-12-18)26-24(32)27-23(29)22-21(25)19-5-3-4-6-20(19)33-22/h3-13,28H,1-2H3,(H2,26,27,29,32). The number of thiocarbonyl (C=S) groups is 1. The summed E-state index contributed by atoms with van der Waals surface area (Å²) >= 11 is 12.9. The van der Waals surface area contributed by atoms with Crippen molar-refractivity contribution in [2.45, 2.75) is 18.7 Å². The van der Waals surface area contributed by atoms with Crippen LogP contribution >= 0.6 is 35.2 Å². The average Bonchev–Trinajstić information content (AvgIpc) is 3.13. The van der Waals surface area contributed by atoms with Gasteiger partial charge in [-0.25, -0.2) is 8.42 Å². The largest absolute Gasteiger partial charge is 0.332 e. The van der Waals surface area contributed by atoms with E-state index in [1.165, 1.54) is 23.5 Å². The third-order valence-corrected chi connectivity index (χ3v) is 8.43. The predicted octanol–water partition coefficient (Wildman–Crippen LogP) is 6.10. The minimum Gasteiger partial charge on any atom is -0.332 e. The Balaban J connectivity index is 1.41. The summed E-state index contributed by atoms with van der Waals surface area (Å²) in [7, 11) is -3.75. The number of benzene rings is 3. The fourth-order valence-electron chi connectivity index (χ4n) is 3.22. The molecule has 4 aromatic rings. The molecule has 1 heterocycles. The number of nitrogens with one attached hydrogen (secondary N) is 3. The molecule has 0 aliphatic heterocycles. The van der Waals surface area contributed by atoms with Crippen LogP contribution in [0.4, 0.5) is 11.4 Å². The summed E-state index contributed by atoms with van der Waals surface area (Å²) in [5.74, 6) is -0.416. The summed E-state index contributed by atoms with van der Waals surface area (Å²) in [5, 5.41) is 6.76. The van der Waals surface area contributed by atoms with Crippen molar-refractivity contribution in [1.29, 1.82) is 0 Å². The fourth-order valence-corrected chi connectivity index (χ4v) is 5.89. The summed E-state index contributed by atoms with van der Waals surface area (Å²) in [4.78, 5) is 13.1. The van der Waals surface area contributed by atoms with Gasteiger partial charge in [0.05, 0.1) is 9.92 Å². The van der Waals surface area contributed by atoms with E-state index in [9.17, 15) is 13.2 Å². The summed E-state index contributed by atoms with van der Waals surface area (Å²) in [6.45, 7) is 3.88. The van der Waals surface area contributed by atoms with E-state index in [-0.39, 0.29) is 10.0 Å². The number of aryl methyl sites for hydroxylation is 2. The van der Waals surface area contributed by atoms with Crippen LogP contribution in [-0.4, -0.2) is 19.4 Å². The van der Waals surface area contributed by atoms with E-state index in [0.29, 0.717) is 21.3 Å². The molecule has 0 unspecified atom stereocenters. The van der Waals surface area contributed by atoms with Gasteiger partial charge in [-0.1, -0.05) is 35.9 Å². The van der Waals surface area contributed by atoms with Crippen molar-refractivity contribution in [2.75, 3.05) is 10.0 Å². The number of hydrogen-bond acceptors (Lipinski definition) is 5. The van der Waals surface area contributed by atoms with E-state index < -0.39 is 15.9 Å². The van der Waals surface area contributed by atoms with Crippen LogP contribution in [0.3, 0.4) is 0 Å². The second-order valence-electron chi connectivity index (χ2n) is 7.58. The molecule has 1 amide bonds. The number of hydrogen-bond donors (Lipinski definition) is 3. The van der Waals surface area contributed by atoms with E-state index in [1.807, 2.05) is 44.2 Å². The highest BCUT2D eigenvalue weighted by molar-refractivity contribution is 7.92. The third kappa shape index (κ3) is 5.23. The number of halogens is 1. The first-order chi connectivity index (χ1) is 16.1. The fraction of sp³-hybridized carbons (Fsp3) is 0.0833. The van der Waals surface area contributed by atoms with Crippen LogP contribution < -0.4 is 15.4 Å². The second-order valence-corrected chi connectivity index (χ2v) is 11.1. The Morgan fingerprint density at radius 1 is 0.941 bits per heavy atom. The van der Waals surface area contributed by atoms with Crippen LogP contribution in [0.25, 0.3) is 10.1 Å². The van der Waals surface area contributed by atoms with E-state index in [1.54, 1.807) is 24.3 Å². The van der Waals surface area contributed by atoms with E-state index in [0.717, 1.165) is 21.2 Å². The predicted molar refractivity (Wildman–Crippen MR) is 144 cm³/mol. The lowest BCUT2D eigenvalue weighted by molar-refractivity contribution is 0.0982. The molecule has 1 aromatic heterocycles. The number of rotatable bonds is 5. The smallest absolute Gasteiger partial charge is 0.269 e. The van der Waals surface area contributed by atoms with Gasteiger partial charge in [-0.15, -0.1) is 11.3 Å².